The normalized spacial score (nSPS) is 15.7. The first-order valence-electron chi connectivity index (χ1n) is 11.3. The molecule has 1 aromatic heterocycles. The van der Waals surface area contributed by atoms with E-state index in [2.05, 4.69) is 18.8 Å². The van der Waals surface area contributed by atoms with E-state index in [0.29, 0.717) is 32.7 Å². The molecule has 0 saturated carbocycles. The molecule has 3 rings (SSSR count). The van der Waals surface area contributed by atoms with Crippen LogP contribution in [0, 0.1) is 0 Å². The number of carbonyl (C=O) groups excluding carboxylic acids is 1. The highest BCUT2D eigenvalue weighted by Crippen LogP contribution is 2.33. The van der Waals surface area contributed by atoms with E-state index in [1.165, 1.54) is 6.42 Å². The van der Waals surface area contributed by atoms with Crippen LogP contribution in [-0.2, 0) is 25.6 Å². The standard InChI is InChI=1S/C19H24N2O5S.C3H8.C2H6/c1-23-7-2-8-24-16-9-13(3-4-14(16)17-10-21-12-27-17)11-25-19(20)15-5-6-18(22)26-15;1-3-2;1-2/h3-4,9-10,12,15,19H,2,5-8,11,20H2,1H3;3H2,1-2H3;1-2H3. The summed E-state index contributed by atoms with van der Waals surface area (Å²) in [6.07, 6.45) is 3.85. The first-order valence-corrected chi connectivity index (χ1v) is 12.2. The minimum absolute atomic E-state index is 0.222. The van der Waals surface area contributed by atoms with Crippen molar-refractivity contribution in [2.24, 2.45) is 5.73 Å². The van der Waals surface area contributed by atoms with Gasteiger partial charge in [0, 0.05) is 38.3 Å². The summed E-state index contributed by atoms with van der Waals surface area (Å²) < 4.78 is 21.9. The highest BCUT2D eigenvalue weighted by molar-refractivity contribution is 7.13. The number of benzene rings is 1. The summed E-state index contributed by atoms with van der Waals surface area (Å²) in [6.45, 7) is 9.77. The van der Waals surface area contributed by atoms with Gasteiger partial charge in [0.1, 0.15) is 18.1 Å². The first kappa shape index (κ1) is 28.0. The predicted octanol–water partition coefficient (Wildman–Crippen LogP) is 5.17. The highest BCUT2D eigenvalue weighted by Gasteiger charge is 2.29. The lowest BCUT2D eigenvalue weighted by atomic mass is 10.1. The second-order valence-electron chi connectivity index (χ2n) is 6.94. The van der Waals surface area contributed by atoms with Gasteiger partial charge in [-0.25, -0.2) is 0 Å². The van der Waals surface area contributed by atoms with Crippen molar-refractivity contribution in [1.82, 2.24) is 4.98 Å². The minimum atomic E-state index is -0.635. The first-order chi connectivity index (χ1) is 15.6. The number of ether oxygens (including phenoxy) is 4. The van der Waals surface area contributed by atoms with E-state index in [-0.39, 0.29) is 12.1 Å². The maximum absolute atomic E-state index is 11.2. The Balaban J connectivity index is 0.000000944. The molecule has 0 aliphatic carbocycles. The summed E-state index contributed by atoms with van der Waals surface area (Å²) in [4.78, 5) is 16.4. The molecule has 1 aliphatic rings. The van der Waals surface area contributed by atoms with Crippen molar-refractivity contribution in [2.75, 3.05) is 20.3 Å². The molecule has 1 fully saturated rings. The third kappa shape index (κ3) is 9.65. The van der Waals surface area contributed by atoms with E-state index in [9.17, 15) is 4.79 Å². The number of thiazole rings is 1. The van der Waals surface area contributed by atoms with Crippen LogP contribution >= 0.6 is 11.3 Å². The zero-order valence-electron chi connectivity index (χ0n) is 20.0. The monoisotopic (exact) mass is 466 g/mol. The number of aromatic nitrogens is 1. The van der Waals surface area contributed by atoms with E-state index >= 15 is 0 Å². The smallest absolute Gasteiger partial charge is 0.306 e. The second kappa shape index (κ2) is 16.6. The molecular formula is C24H38N2O5S. The summed E-state index contributed by atoms with van der Waals surface area (Å²) in [5.41, 5.74) is 9.72. The summed E-state index contributed by atoms with van der Waals surface area (Å²) in [5, 5.41) is 0. The second-order valence-corrected chi connectivity index (χ2v) is 7.83. The van der Waals surface area contributed by atoms with Gasteiger partial charge in [0.05, 0.1) is 23.6 Å². The van der Waals surface area contributed by atoms with Crippen molar-refractivity contribution in [1.29, 1.82) is 0 Å². The molecule has 0 amide bonds. The molecule has 1 aliphatic heterocycles. The Hall–Kier alpha value is -2.00. The molecule has 7 nitrogen and oxygen atoms in total. The topological polar surface area (TPSA) is 92.9 Å². The number of hydrogen-bond acceptors (Lipinski definition) is 8. The number of cyclic esters (lactones) is 1. The lowest BCUT2D eigenvalue weighted by Crippen LogP contribution is -2.36. The van der Waals surface area contributed by atoms with Crippen LogP contribution in [0.1, 0.15) is 58.9 Å². The molecule has 1 aromatic carbocycles. The van der Waals surface area contributed by atoms with E-state index in [1.54, 1.807) is 24.0 Å². The number of methoxy groups -OCH3 is 1. The Kier molecular flexibility index (Phi) is 14.5. The average molecular weight is 467 g/mol. The number of rotatable bonds is 10. The van der Waals surface area contributed by atoms with Crippen molar-refractivity contribution >= 4 is 17.3 Å². The minimum Gasteiger partial charge on any atom is -0.493 e. The molecule has 8 heteroatoms. The number of hydrogen-bond donors (Lipinski definition) is 1. The van der Waals surface area contributed by atoms with Gasteiger partial charge in [-0.15, -0.1) is 11.3 Å². The van der Waals surface area contributed by atoms with E-state index in [1.807, 2.05) is 38.2 Å². The van der Waals surface area contributed by atoms with Crippen LogP contribution in [0.15, 0.2) is 29.9 Å². The van der Waals surface area contributed by atoms with Crippen molar-refractivity contribution < 1.29 is 23.7 Å². The molecule has 0 radical (unpaired) electrons. The van der Waals surface area contributed by atoms with Crippen LogP contribution in [0.25, 0.3) is 10.4 Å². The van der Waals surface area contributed by atoms with Gasteiger partial charge in [-0.05, 0) is 24.1 Å². The summed E-state index contributed by atoms with van der Waals surface area (Å²) in [6, 6.07) is 5.93. The number of nitrogens with two attached hydrogens (primary N) is 1. The molecule has 180 valence electrons. The molecule has 2 unspecified atom stereocenters. The lowest BCUT2D eigenvalue weighted by molar-refractivity contribution is -0.147. The Bertz CT molecular complexity index is 755. The van der Waals surface area contributed by atoms with Gasteiger partial charge in [-0.1, -0.05) is 40.2 Å². The van der Waals surface area contributed by atoms with Crippen LogP contribution in [0.3, 0.4) is 0 Å². The quantitative estimate of drug-likeness (QED) is 0.293. The molecule has 0 bridgehead atoms. The van der Waals surface area contributed by atoms with E-state index in [0.717, 1.165) is 28.2 Å². The molecule has 2 N–H and O–H groups in total. The number of esters is 1. The zero-order valence-corrected chi connectivity index (χ0v) is 20.8. The molecule has 2 aromatic rings. The Morgan fingerprint density at radius 2 is 2.03 bits per heavy atom. The van der Waals surface area contributed by atoms with Crippen LogP contribution in [0.2, 0.25) is 0 Å². The van der Waals surface area contributed by atoms with Crippen molar-refractivity contribution in [2.45, 2.75) is 72.3 Å². The zero-order chi connectivity index (χ0) is 23.8. The molecule has 2 atom stereocenters. The van der Waals surface area contributed by atoms with E-state index in [4.69, 9.17) is 24.7 Å². The fraction of sp³-hybridized carbons (Fsp3) is 0.583. The molecular weight excluding hydrogens is 428 g/mol. The molecule has 0 spiro atoms. The van der Waals surface area contributed by atoms with Crippen molar-refractivity contribution in [3.05, 3.63) is 35.5 Å². The lowest BCUT2D eigenvalue weighted by Gasteiger charge is -2.19. The van der Waals surface area contributed by atoms with Gasteiger partial charge in [0.15, 0.2) is 0 Å². The summed E-state index contributed by atoms with van der Waals surface area (Å²) in [5.74, 6) is 0.553. The van der Waals surface area contributed by atoms with Crippen LogP contribution in [0.5, 0.6) is 5.75 Å². The molecule has 2 heterocycles. The maximum Gasteiger partial charge on any atom is 0.306 e. The third-order valence-corrected chi connectivity index (χ3v) is 5.03. The SMILES string of the molecule is CC.CCC.COCCCOc1cc(COC(N)C2CCC(=O)O2)ccc1-c1cncs1. The Morgan fingerprint density at radius 1 is 1.28 bits per heavy atom. The van der Waals surface area contributed by atoms with Gasteiger partial charge >= 0.3 is 5.97 Å². The highest BCUT2D eigenvalue weighted by atomic mass is 32.1. The van der Waals surface area contributed by atoms with Crippen molar-refractivity contribution in [3.8, 4) is 16.2 Å². The van der Waals surface area contributed by atoms with Crippen LogP contribution in [0.4, 0.5) is 0 Å². The average Bonchev–Trinajstić information content (AvgIpc) is 3.49. The maximum atomic E-state index is 11.2. The largest absolute Gasteiger partial charge is 0.493 e. The Morgan fingerprint density at radius 3 is 2.62 bits per heavy atom. The molecule has 1 saturated heterocycles. The fourth-order valence-electron chi connectivity index (χ4n) is 2.79. The number of nitrogens with zero attached hydrogens (tertiary/aromatic N) is 1. The van der Waals surface area contributed by atoms with Crippen molar-refractivity contribution in [3.63, 3.8) is 0 Å². The molecule has 32 heavy (non-hydrogen) atoms. The van der Waals surface area contributed by atoms with Gasteiger partial charge in [-0.3, -0.25) is 9.78 Å². The van der Waals surface area contributed by atoms with Gasteiger partial charge in [0.25, 0.3) is 0 Å². The van der Waals surface area contributed by atoms with Crippen LogP contribution < -0.4 is 10.5 Å². The van der Waals surface area contributed by atoms with Crippen LogP contribution in [-0.4, -0.2) is 43.6 Å². The number of carbonyl (C=O) groups is 1. The summed E-state index contributed by atoms with van der Waals surface area (Å²) in [7, 11) is 1.67. The summed E-state index contributed by atoms with van der Waals surface area (Å²) >= 11 is 1.56. The predicted molar refractivity (Wildman–Crippen MR) is 129 cm³/mol. The van der Waals surface area contributed by atoms with Gasteiger partial charge in [0.2, 0.25) is 0 Å². The third-order valence-electron chi connectivity index (χ3n) is 4.22. The Labute approximate surface area is 196 Å². The fourth-order valence-corrected chi connectivity index (χ4v) is 3.44. The van der Waals surface area contributed by atoms with Gasteiger partial charge in [-0.2, -0.15) is 0 Å². The van der Waals surface area contributed by atoms with Gasteiger partial charge < -0.3 is 24.7 Å². The van der Waals surface area contributed by atoms with E-state index < -0.39 is 6.23 Å².